The number of hydrogen-bond acceptors (Lipinski definition) is 4. The van der Waals surface area contributed by atoms with Gasteiger partial charge in [0.25, 0.3) is 5.91 Å². The van der Waals surface area contributed by atoms with Gasteiger partial charge in [-0.05, 0) is 55.5 Å². The van der Waals surface area contributed by atoms with Gasteiger partial charge in [-0.1, -0.05) is 6.07 Å². The fourth-order valence-corrected chi connectivity index (χ4v) is 3.56. The summed E-state index contributed by atoms with van der Waals surface area (Å²) in [6.45, 7) is 10.5. The average molecular weight is 366 g/mol. The fraction of sp³-hybridized carbons (Fsp3) is 0.429. The van der Waals surface area contributed by atoms with Crippen molar-refractivity contribution in [3.05, 3.63) is 58.2 Å². The van der Waals surface area contributed by atoms with Gasteiger partial charge in [-0.15, -0.1) is 0 Å². The molecule has 0 spiro atoms. The van der Waals surface area contributed by atoms with Gasteiger partial charge in [0.1, 0.15) is 5.69 Å². The lowest BCUT2D eigenvalue weighted by atomic mass is 9.92. The first-order valence-electron chi connectivity index (χ1n) is 9.28. The molecule has 1 aliphatic heterocycles. The van der Waals surface area contributed by atoms with Gasteiger partial charge in [0, 0.05) is 38.6 Å². The maximum Gasteiger partial charge on any atom is 0.274 e. The lowest BCUT2D eigenvalue weighted by Gasteiger charge is -2.35. The third-order valence-electron chi connectivity index (χ3n) is 5.55. The van der Waals surface area contributed by atoms with Gasteiger partial charge in [-0.3, -0.25) is 14.6 Å². The van der Waals surface area contributed by atoms with E-state index in [1.807, 2.05) is 4.90 Å². The van der Waals surface area contributed by atoms with E-state index >= 15 is 0 Å². The SMILES string of the molecule is Cc1cc(C)c(C)c(CC(=O)N2CCN(C(=O)c3cnccn3)CC2)c1C. The number of aryl methyl sites for hydroxylation is 2. The number of carbonyl (C=O) groups excluding carboxylic acids is 2. The van der Waals surface area contributed by atoms with Gasteiger partial charge in [-0.25, -0.2) is 4.98 Å². The van der Waals surface area contributed by atoms with Gasteiger partial charge in [-0.2, -0.15) is 0 Å². The Morgan fingerprint density at radius 1 is 0.926 bits per heavy atom. The van der Waals surface area contributed by atoms with Crippen LogP contribution in [0.2, 0.25) is 0 Å². The smallest absolute Gasteiger partial charge is 0.274 e. The zero-order valence-corrected chi connectivity index (χ0v) is 16.5. The normalized spacial score (nSPS) is 14.4. The first-order valence-corrected chi connectivity index (χ1v) is 9.28. The Balaban J connectivity index is 1.64. The summed E-state index contributed by atoms with van der Waals surface area (Å²) < 4.78 is 0. The molecule has 2 aromatic rings. The Bertz CT molecular complexity index is 830. The molecule has 27 heavy (non-hydrogen) atoms. The highest BCUT2D eigenvalue weighted by Crippen LogP contribution is 2.23. The molecule has 0 radical (unpaired) electrons. The molecule has 0 bridgehead atoms. The molecule has 3 rings (SSSR count). The standard InChI is InChI=1S/C21H26N4O2/c1-14-11-15(2)17(4)18(16(14)3)12-20(26)24-7-9-25(10-8-24)21(27)19-13-22-5-6-23-19/h5-6,11,13H,7-10,12H2,1-4H3. The molecule has 142 valence electrons. The summed E-state index contributed by atoms with van der Waals surface area (Å²) in [6.07, 6.45) is 4.95. The number of carbonyl (C=O) groups is 2. The van der Waals surface area contributed by atoms with Crippen LogP contribution in [0.15, 0.2) is 24.7 Å². The van der Waals surface area contributed by atoms with E-state index in [4.69, 9.17) is 0 Å². The Labute approximate surface area is 160 Å². The lowest BCUT2D eigenvalue weighted by Crippen LogP contribution is -2.51. The van der Waals surface area contributed by atoms with Gasteiger partial charge >= 0.3 is 0 Å². The number of benzene rings is 1. The van der Waals surface area contributed by atoms with Crippen molar-refractivity contribution in [3.8, 4) is 0 Å². The first kappa shape index (κ1) is 19.0. The summed E-state index contributed by atoms with van der Waals surface area (Å²) in [5.74, 6) is -0.00556. The van der Waals surface area contributed by atoms with Gasteiger partial charge in [0.15, 0.2) is 0 Å². The topological polar surface area (TPSA) is 66.4 Å². The summed E-state index contributed by atoms with van der Waals surface area (Å²) in [5, 5.41) is 0. The van der Waals surface area contributed by atoms with Gasteiger partial charge < -0.3 is 9.80 Å². The van der Waals surface area contributed by atoms with Crippen LogP contribution in [-0.2, 0) is 11.2 Å². The van der Waals surface area contributed by atoms with Crippen molar-refractivity contribution in [2.75, 3.05) is 26.2 Å². The highest BCUT2D eigenvalue weighted by Gasteiger charge is 2.26. The van der Waals surface area contributed by atoms with E-state index < -0.39 is 0 Å². The van der Waals surface area contributed by atoms with Crippen molar-refractivity contribution in [1.82, 2.24) is 19.8 Å². The van der Waals surface area contributed by atoms with E-state index in [-0.39, 0.29) is 11.8 Å². The van der Waals surface area contributed by atoms with Crippen molar-refractivity contribution in [2.24, 2.45) is 0 Å². The number of piperazine rings is 1. The minimum Gasteiger partial charge on any atom is -0.339 e. The van der Waals surface area contributed by atoms with Crippen molar-refractivity contribution in [3.63, 3.8) is 0 Å². The Morgan fingerprint density at radius 3 is 2.07 bits per heavy atom. The number of aromatic nitrogens is 2. The summed E-state index contributed by atoms with van der Waals surface area (Å²) in [6, 6.07) is 2.18. The molecule has 1 aromatic carbocycles. The van der Waals surface area contributed by atoms with Crippen LogP contribution in [0, 0.1) is 27.7 Å². The van der Waals surface area contributed by atoms with Crippen molar-refractivity contribution in [2.45, 2.75) is 34.1 Å². The third-order valence-corrected chi connectivity index (χ3v) is 5.55. The second kappa shape index (κ2) is 7.86. The quantitative estimate of drug-likeness (QED) is 0.836. The molecule has 0 saturated carbocycles. The van der Waals surface area contributed by atoms with E-state index in [9.17, 15) is 9.59 Å². The molecule has 2 heterocycles. The first-order chi connectivity index (χ1) is 12.9. The monoisotopic (exact) mass is 366 g/mol. The largest absolute Gasteiger partial charge is 0.339 e. The van der Waals surface area contributed by atoms with Gasteiger partial charge in [0.05, 0.1) is 12.6 Å². The van der Waals surface area contributed by atoms with Crippen molar-refractivity contribution < 1.29 is 9.59 Å². The van der Waals surface area contributed by atoms with Crippen LogP contribution in [0.5, 0.6) is 0 Å². The Kier molecular flexibility index (Phi) is 5.54. The van der Waals surface area contributed by atoms with Crippen LogP contribution in [0.4, 0.5) is 0 Å². The molecule has 6 nitrogen and oxygen atoms in total. The predicted molar refractivity (Wildman–Crippen MR) is 104 cm³/mol. The highest BCUT2D eigenvalue weighted by atomic mass is 16.2. The summed E-state index contributed by atoms with van der Waals surface area (Å²) in [5.41, 5.74) is 6.32. The number of amides is 2. The summed E-state index contributed by atoms with van der Waals surface area (Å²) in [4.78, 5) is 36.9. The Morgan fingerprint density at radius 2 is 1.52 bits per heavy atom. The molecule has 1 aliphatic rings. The number of rotatable bonds is 3. The number of hydrogen-bond donors (Lipinski definition) is 0. The molecule has 1 saturated heterocycles. The van der Waals surface area contributed by atoms with Crippen LogP contribution in [-0.4, -0.2) is 57.8 Å². The van der Waals surface area contributed by atoms with E-state index in [0.717, 1.165) is 5.56 Å². The molecule has 0 N–H and O–H groups in total. The molecule has 0 unspecified atom stereocenters. The molecule has 0 aliphatic carbocycles. The minimum atomic E-state index is -0.129. The van der Waals surface area contributed by atoms with E-state index in [2.05, 4.69) is 43.7 Å². The highest BCUT2D eigenvalue weighted by molar-refractivity contribution is 5.92. The van der Waals surface area contributed by atoms with E-state index in [1.165, 1.54) is 34.6 Å². The zero-order valence-electron chi connectivity index (χ0n) is 16.5. The van der Waals surface area contributed by atoms with Crippen LogP contribution < -0.4 is 0 Å². The van der Waals surface area contributed by atoms with Crippen LogP contribution >= 0.6 is 0 Å². The molecule has 1 fully saturated rings. The zero-order chi connectivity index (χ0) is 19.6. The van der Waals surface area contributed by atoms with Crippen LogP contribution in [0.3, 0.4) is 0 Å². The summed E-state index contributed by atoms with van der Waals surface area (Å²) >= 11 is 0. The van der Waals surface area contributed by atoms with Crippen molar-refractivity contribution in [1.29, 1.82) is 0 Å². The lowest BCUT2D eigenvalue weighted by molar-refractivity contribution is -0.131. The summed E-state index contributed by atoms with van der Waals surface area (Å²) in [7, 11) is 0. The third kappa shape index (κ3) is 3.99. The fourth-order valence-electron chi connectivity index (χ4n) is 3.56. The van der Waals surface area contributed by atoms with E-state index in [0.29, 0.717) is 38.3 Å². The maximum atomic E-state index is 12.8. The molecule has 6 heteroatoms. The molecule has 1 aromatic heterocycles. The van der Waals surface area contributed by atoms with Crippen LogP contribution in [0.25, 0.3) is 0 Å². The van der Waals surface area contributed by atoms with Gasteiger partial charge in [0.2, 0.25) is 5.91 Å². The average Bonchev–Trinajstić information content (AvgIpc) is 2.70. The molecule has 0 atom stereocenters. The second-order valence-electron chi connectivity index (χ2n) is 7.18. The molecular formula is C21H26N4O2. The molecule has 2 amide bonds. The van der Waals surface area contributed by atoms with E-state index in [1.54, 1.807) is 11.1 Å². The number of nitrogens with zero attached hydrogens (tertiary/aromatic N) is 4. The maximum absolute atomic E-state index is 12.8. The second-order valence-corrected chi connectivity index (χ2v) is 7.18. The predicted octanol–water partition coefficient (Wildman–Crippen LogP) is 2.24. The van der Waals surface area contributed by atoms with Crippen LogP contribution in [0.1, 0.15) is 38.3 Å². The van der Waals surface area contributed by atoms with Crippen molar-refractivity contribution >= 4 is 11.8 Å². The Hall–Kier alpha value is -2.76. The minimum absolute atomic E-state index is 0.123. The molecular weight excluding hydrogens is 340 g/mol.